The number of rotatable bonds is 5. The monoisotopic (exact) mass is 274 g/mol. The molecular weight excluding hydrogens is 259 g/mol. The molecule has 2 rings (SSSR count). The van der Waals surface area contributed by atoms with Crippen LogP contribution in [-0.2, 0) is 6.42 Å². The van der Waals surface area contributed by atoms with E-state index in [9.17, 15) is 14.5 Å². The number of benzene rings is 2. The second-order valence-corrected chi connectivity index (χ2v) is 4.53. The van der Waals surface area contributed by atoms with Crippen molar-refractivity contribution in [2.75, 3.05) is 18.5 Å². The first-order valence-electron chi connectivity index (χ1n) is 6.27. The molecule has 0 aliphatic rings. The van der Waals surface area contributed by atoms with Crippen LogP contribution < -0.4 is 4.90 Å². The number of hydrogen-bond acceptors (Lipinski definition) is 3. The molecule has 0 aliphatic carbocycles. The van der Waals surface area contributed by atoms with Gasteiger partial charge in [0.25, 0.3) is 5.69 Å². The van der Waals surface area contributed by atoms with E-state index in [-0.39, 0.29) is 16.4 Å². The van der Waals surface area contributed by atoms with Gasteiger partial charge in [-0.1, -0.05) is 18.2 Å². The molecule has 0 radical (unpaired) electrons. The molecule has 4 nitrogen and oxygen atoms in total. The van der Waals surface area contributed by atoms with Crippen molar-refractivity contribution >= 4 is 11.4 Å². The van der Waals surface area contributed by atoms with Gasteiger partial charge in [0.15, 0.2) is 0 Å². The Balaban J connectivity index is 2.05. The molecule has 0 aliphatic heterocycles. The van der Waals surface area contributed by atoms with E-state index in [1.165, 1.54) is 18.2 Å². The lowest BCUT2D eigenvalue weighted by atomic mass is 10.1. The van der Waals surface area contributed by atoms with E-state index in [1.54, 1.807) is 30.3 Å². The Morgan fingerprint density at radius 2 is 1.80 bits per heavy atom. The lowest BCUT2D eigenvalue weighted by Crippen LogP contribution is -2.20. The minimum atomic E-state index is -0.368. The third-order valence-corrected chi connectivity index (χ3v) is 3.17. The van der Waals surface area contributed by atoms with Crippen molar-refractivity contribution in [2.45, 2.75) is 6.42 Å². The molecule has 2 aromatic carbocycles. The van der Waals surface area contributed by atoms with Crippen LogP contribution in [-0.4, -0.2) is 18.5 Å². The van der Waals surface area contributed by atoms with Crippen LogP contribution in [0.15, 0.2) is 48.5 Å². The molecule has 0 fully saturated rings. The average Bonchev–Trinajstić information content (AvgIpc) is 2.45. The summed E-state index contributed by atoms with van der Waals surface area (Å²) in [5.74, 6) is -0.277. The van der Waals surface area contributed by atoms with Crippen molar-refractivity contribution < 1.29 is 9.31 Å². The maximum Gasteiger partial charge on any atom is 0.272 e. The molecule has 0 N–H and O–H groups in total. The molecule has 0 atom stereocenters. The first kappa shape index (κ1) is 14.0. The topological polar surface area (TPSA) is 46.4 Å². The Kier molecular flexibility index (Phi) is 4.30. The minimum absolute atomic E-state index is 0.139. The van der Waals surface area contributed by atoms with Gasteiger partial charge >= 0.3 is 0 Å². The van der Waals surface area contributed by atoms with Gasteiger partial charge in [-0.25, -0.2) is 4.39 Å². The highest BCUT2D eigenvalue weighted by Gasteiger charge is 2.12. The molecule has 2 aromatic rings. The second kappa shape index (κ2) is 6.14. The molecule has 0 saturated carbocycles. The SMILES string of the molecule is CN(CCc1ccccc1[N+](=O)[O-])c1ccc(F)cc1. The maximum atomic E-state index is 12.8. The number of nitrogens with zero attached hydrogens (tertiary/aromatic N) is 2. The number of para-hydroxylation sites is 1. The van der Waals surface area contributed by atoms with Crippen LogP contribution in [0.3, 0.4) is 0 Å². The fourth-order valence-corrected chi connectivity index (χ4v) is 2.01. The molecule has 20 heavy (non-hydrogen) atoms. The van der Waals surface area contributed by atoms with Crippen LogP contribution in [0.4, 0.5) is 15.8 Å². The third-order valence-electron chi connectivity index (χ3n) is 3.17. The summed E-state index contributed by atoms with van der Waals surface area (Å²) in [6.07, 6.45) is 0.561. The van der Waals surface area contributed by atoms with Crippen LogP contribution in [0.25, 0.3) is 0 Å². The van der Waals surface area contributed by atoms with E-state index in [1.807, 2.05) is 11.9 Å². The molecule has 0 bridgehead atoms. The molecule has 104 valence electrons. The Bertz CT molecular complexity index is 599. The van der Waals surface area contributed by atoms with Gasteiger partial charge in [0.05, 0.1) is 4.92 Å². The molecule has 0 amide bonds. The Hall–Kier alpha value is -2.43. The largest absolute Gasteiger partial charge is 0.374 e. The highest BCUT2D eigenvalue weighted by molar-refractivity contribution is 5.46. The summed E-state index contributed by atoms with van der Waals surface area (Å²) in [6, 6.07) is 12.9. The van der Waals surface area contributed by atoms with Crippen LogP contribution in [0, 0.1) is 15.9 Å². The van der Waals surface area contributed by atoms with Crippen LogP contribution in [0.1, 0.15) is 5.56 Å². The molecule has 0 heterocycles. The van der Waals surface area contributed by atoms with Crippen molar-refractivity contribution in [3.63, 3.8) is 0 Å². The summed E-state index contributed by atoms with van der Waals surface area (Å²) < 4.78 is 12.8. The molecule has 0 aromatic heterocycles. The first-order chi connectivity index (χ1) is 9.58. The van der Waals surface area contributed by atoms with Gasteiger partial charge in [-0.3, -0.25) is 10.1 Å². The van der Waals surface area contributed by atoms with Crippen LogP contribution in [0.5, 0.6) is 0 Å². The van der Waals surface area contributed by atoms with Gasteiger partial charge in [-0.05, 0) is 30.7 Å². The average molecular weight is 274 g/mol. The lowest BCUT2D eigenvalue weighted by molar-refractivity contribution is -0.385. The fourth-order valence-electron chi connectivity index (χ4n) is 2.01. The van der Waals surface area contributed by atoms with Crippen LogP contribution in [0.2, 0.25) is 0 Å². The normalized spacial score (nSPS) is 10.3. The van der Waals surface area contributed by atoms with Gasteiger partial charge in [-0.15, -0.1) is 0 Å². The lowest BCUT2D eigenvalue weighted by Gasteiger charge is -2.19. The van der Waals surface area contributed by atoms with Crippen molar-refractivity contribution in [3.8, 4) is 0 Å². The van der Waals surface area contributed by atoms with E-state index >= 15 is 0 Å². The number of anilines is 1. The van der Waals surface area contributed by atoms with E-state index in [0.717, 1.165) is 5.69 Å². The highest BCUT2D eigenvalue weighted by atomic mass is 19.1. The minimum Gasteiger partial charge on any atom is -0.374 e. The first-order valence-corrected chi connectivity index (χ1v) is 6.27. The molecule has 0 spiro atoms. The van der Waals surface area contributed by atoms with Crippen molar-refractivity contribution in [1.82, 2.24) is 0 Å². The smallest absolute Gasteiger partial charge is 0.272 e. The zero-order chi connectivity index (χ0) is 14.5. The summed E-state index contributed by atoms with van der Waals surface area (Å²) in [5.41, 5.74) is 1.72. The number of hydrogen-bond donors (Lipinski definition) is 0. The van der Waals surface area contributed by atoms with Gasteiger partial charge in [0, 0.05) is 30.9 Å². The zero-order valence-corrected chi connectivity index (χ0v) is 11.1. The van der Waals surface area contributed by atoms with Crippen LogP contribution >= 0.6 is 0 Å². The predicted octanol–water partition coefficient (Wildman–Crippen LogP) is 3.41. The van der Waals surface area contributed by atoms with Crippen molar-refractivity contribution in [2.24, 2.45) is 0 Å². The Labute approximate surface area is 116 Å². The van der Waals surface area contributed by atoms with E-state index in [2.05, 4.69) is 0 Å². The fraction of sp³-hybridized carbons (Fsp3) is 0.200. The van der Waals surface area contributed by atoms with Crippen molar-refractivity contribution in [1.29, 1.82) is 0 Å². The van der Waals surface area contributed by atoms with Gasteiger partial charge in [0.2, 0.25) is 0 Å². The van der Waals surface area contributed by atoms with Gasteiger partial charge in [-0.2, -0.15) is 0 Å². The Morgan fingerprint density at radius 3 is 2.45 bits per heavy atom. The number of nitro groups is 1. The van der Waals surface area contributed by atoms with Gasteiger partial charge in [0.1, 0.15) is 5.82 Å². The van der Waals surface area contributed by atoms with E-state index < -0.39 is 0 Å². The highest BCUT2D eigenvalue weighted by Crippen LogP contribution is 2.19. The summed E-state index contributed by atoms with van der Waals surface area (Å²) in [6.45, 7) is 0.622. The standard InChI is InChI=1S/C15H15FN2O2/c1-17(14-8-6-13(16)7-9-14)11-10-12-4-2-3-5-15(12)18(19)20/h2-9H,10-11H2,1H3. The second-order valence-electron chi connectivity index (χ2n) is 4.53. The van der Waals surface area contributed by atoms with E-state index in [0.29, 0.717) is 18.5 Å². The summed E-state index contributed by atoms with van der Waals surface area (Å²) in [7, 11) is 1.88. The summed E-state index contributed by atoms with van der Waals surface area (Å²) in [4.78, 5) is 12.5. The summed E-state index contributed by atoms with van der Waals surface area (Å²) >= 11 is 0. The predicted molar refractivity (Wildman–Crippen MR) is 76.5 cm³/mol. The number of likely N-dealkylation sites (N-methyl/N-ethyl adjacent to an activating group) is 1. The van der Waals surface area contributed by atoms with Gasteiger partial charge < -0.3 is 4.90 Å². The number of nitro benzene ring substituents is 1. The summed E-state index contributed by atoms with van der Waals surface area (Å²) in [5, 5.41) is 10.9. The molecular formula is C15H15FN2O2. The number of halogens is 1. The molecule has 5 heteroatoms. The van der Waals surface area contributed by atoms with Crippen molar-refractivity contribution in [3.05, 3.63) is 70.0 Å². The zero-order valence-electron chi connectivity index (χ0n) is 11.1. The van der Waals surface area contributed by atoms with E-state index in [4.69, 9.17) is 0 Å². The molecule has 0 saturated heterocycles. The Morgan fingerprint density at radius 1 is 1.15 bits per heavy atom. The molecule has 0 unspecified atom stereocenters. The maximum absolute atomic E-state index is 12.8. The quantitative estimate of drug-likeness (QED) is 0.620. The third kappa shape index (κ3) is 3.32.